The molecular formula is C12H24Si. The highest BCUT2D eigenvalue weighted by molar-refractivity contribution is 6.91. The molecule has 0 aromatic rings. The highest BCUT2D eigenvalue weighted by Gasteiger charge is 2.33. The van der Waals surface area contributed by atoms with Gasteiger partial charge in [-0.05, 0) is 24.9 Å². The topological polar surface area (TPSA) is 0 Å². The summed E-state index contributed by atoms with van der Waals surface area (Å²) in [6.45, 7) is 13.7. The van der Waals surface area contributed by atoms with Gasteiger partial charge in [-0.3, -0.25) is 0 Å². The fraction of sp³-hybridized carbons (Fsp3) is 0.667. The van der Waals surface area contributed by atoms with Crippen molar-refractivity contribution in [3.8, 4) is 0 Å². The van der Waals surface area contributed by atoms with Crippen LogP contribution in [-0.4, -0.2) is 8.07 Å². The summed E-state index contributed by atoms with van der Waals surface area (Å²) in [5.74, 6) is 0. The van der Waals surface area contributed by atoms with Gasteiger partial charge in [-0.2, -0.15) is 0 Å². The molecule has 0 heterocycles. The van der Waals surface area contributed by atoms with E-state index in [9.17, 15) is 0 Å². The van der Waals surface area contributed by atoms with E-state index in [-0.39, 0.29) is 0 Å². The average Bonchev–Trinajstić information content (AvgIpc) is 2.03. The summed E-state index contributed by atoms with van der Waals surface area (Å²) < 4.78 is 0. The Labute approximate surface area is 84.8 Å². The zero-order valence-electron chi connectivity index (χ0n) is 9.96. The molecule has 0 radical (unpaired) electrons. The predicted octanol–water partition coefficient (Wildman–Crippen LogP) is 4.49. The standard InChI is InChI=1S/C12H24Si/c1-7-9-13(10-8-2,11(3)4)12(5)6/h7-12H,1-6H3. The minimum absolute atomic E-state index is 0.792. The SMILES string of the molecule is CC=C[Si](C=CC)(C(C)C)C(C)C. The Balaban J connectivity index is 5.04. The second kappa shape index (κ2) is 5.43. The maximum Gasteiger partial charge on any atom is 0.106 e. The fourth-order valence-electron chi connectivity index (χ4n) is 2.07. The van der Waals surface area contributed by atoms with Crippen LogP contribution in [0.1, 0.15) is 41.5 Å². The first-order valence-electron chi connectivity index (χ1n) is 5.29. The molecule has 0 aliphatic rings. The van der Waals surface area contributed by atoms with Crippen molar-refractivity contribution in [2.24, 2.45) is 0 Å². The highest BCUT2D eigenvalue weighted by atomic mass is 28.3. The molecule has 0 aromatic heterocycles. The molecule has 0 saturated carbocycles. The largest absolute Gasteiger partial charge is 0.106 e. The zero-order chi connectivity index (χ0) is 10.5. The van der Waals surface area contributed by atoms with E-state index in [1.807, 2.05) is 0 Å². The van der Waals surface area contributed by atoms with Crippen LogP contribution in [0.5, 0.6) is 0 Å². The molecule has 0 bridgehead atoms. The molecule has 76 valence electrons. The van der Waals surface area contributed by atoms with Crippen LogP contribution < -0.4 is 0 Å². The van der Waals surface area contributed by atoms with Crippen molar-refractivity contribution in [1.29, 1.82) is 0 Å². The number of rotatable bonds is 4. The molecule has 0 saturated heterocycles. The molecule has 0 aromatic carbocycles. The monoisotopic (exact) mass is 196 g/mol. The first kappa shape index (κ1) is 12.7. The van der Waals surface area contributed by atoms with Crippen LogP contribution in [0.2, 0.25) is 11.1 Å². The van der Waals surface area contributed by atoms with Crippen molar-refractivity contribution in [1.82, 2.24) is 0 Å². The van der Waals surface area contributed by atoms with E-state index in [0.717, 1.165) is 11.1 Å². The zero-order valence-corrected chi connectivity index (χ0v) is 11.0. The molecule has 0 fully saturated rings. The van der Waals surface area contributed by atoms with Gasteiger partial charge in [0.25, 0.3) is 0 Å². The van der Waals surface area contributed by atoms with Crippen LogP contribution in [0.15, 0.2) is 23.6 Å². The van der Waals surface area contributed by atoms with Crippen molar-refractivity contribution in [3.63, 3.8) is 0 Å². The van der Waals surface area contributed by atoms with E-state index in [2.05, 4.69) is 65.1 Å². The van der Waals surface area contributed by atoms with E-state index in [4.69, 9.17) is 0 Å². The molecule has 13 heavy (non-hydrogen) atoms. The highest BCUT2D eigenvalue weighted by Crippen LogP contribution is 2.34. The maximum absolute atomic E-state index is 2.47. The van der Waals surface area contributed by atoms with Crippen molar-refractivity contribution >= 4 is 8.07 Å². The third-order valence-electron chi connectivity index (χ3n) is 2.91. The van der Waals surface area contributed by atoms with E-state index < -0.39 is 8.07 Å². The van der Waals surface area contributed by atoms with Gasteiger partial charge in [0.1, 0.15) is 8.07 Å². The van der Waals surface area contributed by atoms with Gasteiger partial charge in [-0.1, -0.05) is 51.2 Å². The molecule has 0 unspecified atom stereocenters. The van der Waals surface area contributed by atoms with E-state index in [0.29, 0.717) is 0 Å². The number of hydrogen-bond acceptors (Lipinski definition) is 0. The Morgan fingerprint density at radius 1 is 0.769 bits per heavy atom. The molecular weight excluding hydrogens is 172 g/mol. The first-order chi connectivity index (χ1) is 6.01. The van der Waals surface area contributed by atoms with Gasteiger partial charge in [0.2, 0.25) is 0 Å². The molecule has 0 aliphatic carbocycles. The van der Waals surface area contributed by atoms with Gasteiger partial charge in [-0.15, -0.1) is 0 Å². The number of hydrogen-bond donors (Lipinski definition) is 0. The molecule has 0 aliphatic heterocycles. The summed E-state index contributed by atoms with van der Waals surface area (Å²) in [7, 11) is -1.31. The lowest BCUT2D eigenvalue weighted by atomic mass is 10.5. The van der Waals surface area contributed by atoms with Crippen LogP contribution in [0.4, 0.5) is 0 Å². The third kappa shape index (κ3) is 2.83. The summed E-state index contributed by atoms with van der Waals surface area (Å²) in [6, 6.07) is 0. The third-order valence-corrected chi connectivity index (χ3v) is 8.73. The molecule has 0 spiro atoms. The predicted molar refractivity (Wildman–Crippen MR) is 65.6 cm³/mol. The molecule has 0 atom stereocenters. The fourth-order valence-corrected chi connectivity index (χ4v) is 6.21. The van der Waals surface area contributed by atoms with E-state index >= 15 is 0 Å². The molecule has 0 N–H and O–H groups in total. The Kier molecular flexibility index (Phi) is 5.31. The minimum Gasteiger partial charge on any atom is -0.0951 e. The molecule has 1 heteroatoms. The van der Waals surface area contributed by atoms with Crippen LogP contribution >= 0.6 is 0 Å². The van der Waals surface area contributed by atoms with Gasteiger partial charge in [-0.25, -0.2) is 0 Å². The van der Waals surface area contributed by atoms with Crippen LogP contribution in [0, 0.1) is 0 Å². The quantitative estimate of drug-likeness (QED) is 0.581. The smallest absolute Gasteiger partial charge is 0.0951 e. The van der Waals surface area contributed by atoms with Crippen molar-refractivity contribution in [2.75, 3.05) is 0 Å². The Morgan fingerprint density at radius 2 is 1.08 bits per heavy atom. The lowest BCUT2D eigenvalue weighted by Gasteiger charge is -2.33. The Hall–Kier alpha value is -0.303. The molecule has 0 nitrogen and oxygen atoms in total. The number of allylic oxidation sites excluding steroid dienone is 2. The van der Waals surface area contributed by atoms with Gasteiger partial charge in [0, 0.05) is 0 Å². The summed E-state index contributed by atoms with van der Waals surface area (Å²) in [5, 5.41) is 0. The summed E-state index contributed by atoms with van der Waals surface area (Å²) >= 11 is 0. The van der Waals surface area contributed by atoms with Crippen LogP contribution in [0.3, 0.4) is 0 Å². The lowest BCUT2D eigenvalue weighted by Crippen LogP contribution is -2.37. The molecule has 0 rings (SSSR count). The van der Waals surface area contributed by atoms with E-state index in [1.165, 1.54) is 0 Å². The second-order valence-electron chi connectivity index (χ2n) is 4.31. The van der Waals surface area contributed by atoms with E-state index in [1.54, 1.807) is 0 Å². The average molecular weight is 196 g/mol. The van der Waals surface area contributed by atoms with Crippen LogP contribution in [-0.2, 0) is 0 Å². The normalized spacial score (nSPS) is 14.2. The first-order valence-corrected chi connectivity index (χ1v) is 7.59. The van der Waals surface area contributed by atoms with Gasteiger partial charge in [0.15, 0.2) is 0 Å². The second-order valence-corrected chi connectivity index (χ2v) is 9.29. The van der Waals surface area contributed by atoms with Gasteiger partial charge < -0.3 is 0 Å². The Bertz CT molecular complexity index is 165. The summed E-state index contributed by atoms with van der Waals surface area (Å²) in [5.41, 5.74) is 6.53. The van der Waals surface area contributed by atoms with Crippen molar-refractivity contribution < 1.29 is 0 Å². The van der Waals surface area contributed by atoms with Crippen LogP contribution in [0.25, 0.3) is 0 Å². The minimum atomic E-state index is -1.31. The summed E-state index contributed by atoms with van der Waals surface area (Å²) in [6.07, 6.45) is 4.46. The van der Waals surface area contributed by atoms with Crippen molar-refractivity contribution in [3.05, 3.63) is 23.6 Å². The lowest BCUT2D eigenvalue weighted by molar-refractivity contribution is 0.925. The Morgan fingerprint density at radius 3 is 1.23 bits per heavy atom. The van der Waals surface area contributed by atoms with Crippen molar-refractivity contribution in [2.45, 2.75) is 52.6 Å². The van der Waals surface area contributed by atoms with Gasteiger partial charge >= 0.3 is 0 Å². The molecule has 0 amide bonds. The maximum atomic E-state index is 2.47. The van der Waals surface area contributed by atoms with Gasteiger partial charge in [0.05, 0.1) is 0 Å². The summed E-state index contributed by atoms with van der Waals surface area (Å²) in [4.78, 5) is 0.